The summed E-state index contributed by atoms with van der Waals surface area (Å²) in [5.41, 5.74) is 1.14. The molecular weight excluding hydrogens is 303 g/mol. The van der Waals surface area contributed by atoms with E-state index in [1.165, 1.54) is 17.4 Å². The molecule has 3 rings (SSSR count). The summed E-state index contributed by atoms with van der Waals surface area (Å²) in [6.07, 6.45) is 0.249. The van der Waals surface area contributed by atoms with Crippen molar-refractivity contribution in [1.82, 2.24) is 10.2 Å². The molecule has 0 aliphatic rings. The number of aromatic nitrogens is 2. The van der Waals surface area contributed by atoms with Crippen LogP contribution in [-0.4, -0.2) is 10.2 Å². The van der Waals surface area contributed by atoms with Gasteiger partial charge in [-0.3, -0.25) is 0 Å². The van der Waals surface area contributed by atoms with Gasteiger partial charge >= 0.3 is 6.01 Å². The van der Waals surface area contributed by atoms with Crippen molar-refractivity contribution in [3.05, 3.63) is 63.4 Å². The topological polar surface area (TPSA) is 74.7 Å². The summed E-state index contributed by atoms with van der Waals surface area (Å²) in [6.45, 7) is 0.494. The van der Waals surface area contributed by atoms with Crippen molar-refractivity contribution in [2.45, 2.75) is 13.0 Å². The van der Waals surface area contributed by atoms with Gasteiger partial charge in [0.25, 0.3) is 0 Å². The van der Waals surface area contributed by atoms with E-state index < -0.39 is 0 Å². The molecule has 0 saturated heterocycles. The SMILES string of the molecule is N#Cc1csc(CNc2nnc(Cc3ccccc3F)o2)c1. The number of hydrogen-bond donors (Lipinski definition) is 1. The molecule has 3 aromatic rings. The quantitative estimate of drug-likeness (QED) is 0.781. The monoisotopic (exact) mass is 314 g/mol. The molecular formula is C15H11FN4OS. The molecule has 0 radical (unpaired) electrons. The van der Waals surface area contributed by atoms with Crippen LogP contribution in [0.25, 0.3) is 0 Å². The summed E-state index contributed by atoms with van der Waals surface area (Å²) in [5, 5.41) is 21.3. The van der Waals surface area contributed by atoms with Crippen molar-refractivity contribution in [3.63, 3.8) is 0 Å². The van der Waals surface area contributed by atoms with E-state index in [9.17, 15) is 4.39 Å². The number of nitrogens with one attached hydrogen (secondary N) is 1. The Morgan fingerprint density at radius 1 is 1.32 bits per heavy atom. The van der Waals surface area contributed by atoms with E-state index in [0.717, 1.165) is 4.88 Å². The van der Waals surface area contributed by atoms with Crippen LogP contribution in [0.15, 0.2) is 40.1 Å². The first kappa shape index (κ1) is 14.2. The first-order valence-electron chi connectivity index (χ1n) is 6.52. The van der Waals surface area contributed by atoms with Gasteiger partial charge in [0.2, 0.25) is 5.89 Å². The predicted molar refractivity (Wildman–Crippen MR) is 79.9 cm³/mol. The van der Waals surface area contributed by atoms with Gasteiger partial charge in [0.15, 0.2) is 0 Å². The van der Waals surface area contributed by atoms with E-state index in [-0.39, 0.29) is 18.3 Å². The van der Waals surface area contributed by atoms with Crippen molar-refractivity contribution in [2.75, 3.05) is 5.32 Å². The highest BCUT2D eigenvalue weighted by Crippen LogP contribution is 2.17. The molecule has 0 bridgehead atoms. The molecule has 1 aromatic carbocycles. The zero-order valence-corrected chi connectivity index (χ0v) is 12.2. The third kappa shape index (κ3) is 3.30. The summed E-state index contributed by atoms with van der Waals surface area (Å²) in [5.74, 6) is 0.0503. The minimum atomic E-state index is -0.294. The maximum atomic E-state index is 13.6. The molecule has 22 heavy (non-hydrogen) atoms. The van der Waals surface area contributed by atoms with Crippen LogP contribution in [0.1, 0.15) is 21.9 Å². The molecule has 0 spiro atoms. The first-order chi connectivity index (χ1) is 10.7. The lowest BCUT2D eigenvalue weighted by Crippen LogP contribution is -1.97. The number of hydrogen-bond acceptors (Lipinski definition) is 6. The smallest absolute Gasteiger partial charge is 0.315 e. The molecule has 110 valence electrons. The molecule has 7 heteroatoms. The molecule has 0 unspecified atom stereocenters. The summed E-state index contributed by atoms with van der Waals surface area (Å²) in [6, 6.07) is 10.6. The Morgan fingerprint density at radius 3 is 2.95 bits per heavy atom. The van der Waals surface area contributed by atoms with Crippen LogP contribution in [0.4, 0.5) is 10.4 Å². The number of nitrogens with zero attached hydrogens (tertiary/aromatic N) is 3. The van der Waals surface area contributed by atoms with Crippen LogP contribution in [0.3, 0.4) is 0 Å². The lowest BCUT2D eigenvalue weighted by molar-refractivity contribution is 0.510. The standard InChI is InChI=1S/C15H11FN4OS/c16-13-4-2-1-3-11(13)6-14-19-20-15(21-14)18-8-12-5-10(7-17)9-22-12/h1-5,9H,6,8H2,(H,18,20). The van der Waals surface area contributed by atoms with Crippen LogP contribution in [0.5, 0.6) is 0 Å². The number of nitriles is 1. The lowest BCUT2D eigenvalue weighted by Gasteiger charge is -1.99. The van der Waals surface area contributed by atoms with Crippen molar-refractivity contribution in [2.24, 2.45) is 0 Å². The van der Waals surface area contributed by atoms with Gasteiger partial charge in [-0.25, -0.2) is 4.39 Å². The van der Waals surface area contributed by atoms with E-state index in [4.69, 9.17) is 9.68 Å². The molecule has 0 aliphatic heterocycles. The number of benzene rings is 1. The molecule has 2 aromatic heterocycles. The van der Waals surface area contributed by atoms with Gasteiger partial charge in [0, 0.05) is 10.3 Å². The second kappa shape index (κ2) is 6.37. The lowest BCUT2D eigenvalue weighted by atomic mass is 10.1. The van der Waals surface area contributed by atoms with Gasteiger partial charge in [-0.1, -0.05) is 23.3 Å². The normalized spacial score (nSPS) is 10.4. The van der Waals surface area contributed by atoms with Gasteiger partial charge in [-0.05, 0) is 17.7 Å². The van der Waals surface area contributed by atoms with Gasteiger partial charge in [-0.15, -0.1) is 16.4 Å². The van der Waals surface area contributed by atoms with Crippen LogP contribution in [0.2, 0.25) is 0 Å². The number of thiophene rings is 1. The van der Waals surface area contributed by atoms with Crippen LogP contribution < -0.4 is 5.32 Å². The van der Waals surface area contributed by atoms with Gasteiger partial charge in [0.05, 0.1) is 18.5 Å². The molecule has 0 amide bonds. The Balaban J connectivity index is 1.62. The highest BCUT2D eigenvalue weighted by atomic mass is 32.1. The highest BCUT2D eigenvalue weighted by molar-refractivity contribution is 7.10. The summed E-state index contributed by atoms with van der Waals surface area (Å²) >= 11 is 1.48. The van der Waals surface area contributed by atoms with Crippen LogP contribution >= 0.6 is 11.3 Å². The maximum Gasteiger partial charge on any atom is 0.315 e. The van der Waals surface area contributed by atoms with E-state index in [1.54, 1.807) is 29.6 Å². The van der Waals surface area contributed by atoms with Crippen molar-refractivity contribution < 1.29 is 8.81 Å². The average Bonchev–Trinajstić information content (AvgIpc) is 3.16. The average molecular weight is 314 g/mol. The summed E-state index contributed by atoms with van der Waals surface area (Å²) in [7, 11) is 0. The fourth-order valence-corrected chi connectivity index (χ4v) is 2.65. The van der Waals surface area contributed by atoms with E-state index in [2.05, 4.69) is 21.6 Å². The largest absolute Gasteiger partial charge is 0.408 e. The molecule has 0 saturated carbocycles. The third-order valence-electron chi connectivity index (χ3n) is 2.96. The second-order valence-electron chi connectivity index (χ2n) is 4.54. The highest BCUT2D eigenvalue weighted by Gasteiger charge is 2.10. The van der Waals surface area contributed by atoms with Crippen LogP contribution in [0, 0.1) is 17.1 Å². The Kier molecular flexibility index (Phi) is 4.12. The third-order valence-corrected chi connectivity index (χ3v) is 3.90. The summed E-state index contributed by atoms with van der Waals surface area (Å²) < 4.78 is 19.0. The zero-order chi connectivity index (χ0) is 15.4. The van der Waals surface area contributed by atoms with E-state index in [1.807, 2.05) is 0 Å². The molecule has 0 fully saturated rings. The molecule has 0 atom stereocenters. The predicted octanol–water partition coefficient (Wildman–Crippen LogP) is 3.34. The Labute approximate surface area is 130 Å². The summed E-state index contributed by atoms with van der Waals surface area (Å²) in [4.78, 5) is 0.991. The molecule has 0 aliphatic carbocycles. The number of halogens is 1. The Hall–Kier alpha value is -2.72. The van der Waals surface area contributed by atoms with Crippen molar-refractivity contribution in [1.29, 1.82) is 5.26 Å². The Morgan fingerprint density at radius 2 is 2.18 bits per heavy atom. The fraction of sp³-hybridized carbons (Fsp3) is 0.133. The van der Waals surface area contributed by atoms with Crippen molar-refractivity contribution in [3.8, 4) is 6.07 Å². The Bertz CT molecular complexity index is 821. The maximum absolute atomic E-state index is 13.6. The molecule has 5 nitrogen and oxygen atoms in total. The van der Waals surface area contributed by atoms with Gasteiger partial charge in [-0.2, -0.15) is 5.26 Å². The molecule has 1 N–H and O–H groups in total. The first-order valence-corrected chi connectivity index (χ1v) is 7.40. The van der Waals surface area contributed by atoms with E-state index in [0.29, 0.717) is 23.6 Å². The zero-order valence-electron chi connectivity index (χ0n) is 11.4. The van der Waals surface area contributed by atoms with E-state index >= 15 is 0 Å². The minimum absolute atomic E-state index is 0.249. The van der Waals surface area contributed by atoms with Gasteiger partial charge in [0.1, 0.15) is 11.9 Å². The minimum Gasteiger partial charge on any atom is -0.408 e. The second-order valence-corrected chi connectivity index (χ2v) is 5.53. The number of rotatable bonds is 5. The van der Waals surface area contributed by atoms with Gasteiger partial charge < -0.3 is 9.73 Å². The van der Waals surface area contributed by atoms with Crippen LogP contribution in [-0.2, 0) is 13.0 Å². The molecule has 2 heterocycles. The fourth-order valence-electron chi connectivity index (χ4n) is 1.90. The number of anilines is 1. The van der Waals surface area contributed by atoms with Crippen molar-refractivity contribution >= 4 is 17.4 Å².